The van der Waals surface area contributed by atoms with Gasteiger partial charge in [0.15, 0.2) is 52.0 Å². The maximum atomic E-state index is 9.47. The summed E-state index contributed by atoms with van der Waals surface area (Å²) < 4.78 is 41.4. The van der Waals surface area contributed by atoms with Crippen molar-refractivity contribution in [3.05, 3.63) is 456 Å². The maximum absolute atomic E-state index is 9.47. The van der Waals surface area contributed by atoms with Crippen LogP contribution in [0, 0.1) is 11.3 Å². The number of para-hydroxylation sites is 13. The van der Waals surface area contributed by atoms with Gasteiger partial charge >= 0.3 is 0 Å². The Balaban J connectivity index is 0.000000106. The molecule has 9 aliphatic heterocycles. The zero-order valence-corrected chi connectivity index (χ0v) is 78.1. The number of rotatable bonds is 9. The minimum absolute atomic E-state index is 0.0429. The third-order valence-electron chi connectivity index (χ3n) is 28.6. The van der Waals surface area contributed by atoms with Gasteiger partial charge in [0.05, 0.1) is 74.0 Å². The Kier molecular flexibility index (Phi) is 19.4. The minimum Gasteiger partial charge on any atom is -0.458 e. The standard InChI is InChI=1S/C50H31BN6O2.C37H22BN5O2.C36H21BN4O2/c1-3-13-32(14-4-1)48-53-49(33-15-5-2-6-16-33)55-50(54-48)34-23-25-35(26-24-34)56-40-20-10-12-22-43(40)59-47-41(56)31-44-45-46(47)57(36-27-29-52-30-28-36)39-19-9-7-17-37(39)51(45)38-18-8-11-21-42(38)58-44;1-3-11-27-24(8-1)38-25-9-2-5-14-31(25)44-33-22-30-37(36(34(33)38)42(27)23-16-18-39-19-17-23)45-32-15-6-4-12-28(32)43(30)29-13-7-10-26-35(29)41-21-20-40-26;38-22-23-13-15-24(16-14-23)40-29-10-4-6-12-32(29)43-36-30(40)21-33-34-35(36)41(25-17-19-39-20-18-25)28-9-3-1-7-26(28)37(34)27-8-2-5-11-31(27)42-33/h1-31H;1-22H;1-21H. The van der Waals surface area contributed by atoms with Crippen molar-refractivity contribution < 1.29 is 28.4 Å². The van der Waals surface area contributed by atoms with E-state index >= 15 is 0 Å². The largest absolute Gasteiger partial charge is 0.458 e. The highest BCUT2D eigenvalue weighted by Crippen LogP contribution is 2.63. The molecular formula is C123H74B3N15O6. The highest BCUT2D eigenvalue weighted by molar-refractivity contribution is 7.01. The van der Waals surface area contributed by atoms with E-state index < -0.39 is 0 Å². The lowest BCUT2D eigenvalue weighted by Gasteiger charge is -2.43. The van der Waals surface area contributed by atoms with E-state index in [0.29, 0.717) is 23.0 Å². The molecule has 0 aliphatic carbocycles. The van der Waals surface area contributed by atoms with E-state index in [-0.39, 0.29) is 20.1 Å². The van der Waals surface area contributed by atoms with Gasteiger partial charge in [-0.2, -0.15) is 5.26 Å². The van der Waals surface area contributed by atoms with Crippen molar-refractivity contribution >= 4 is 183 Å². The Morgan fingerprint density at radius 3 is 0.898 bits per heavy atom. The van der Waals surface area contributed by atoms with Gasteiger partial charge in [0, 0.05) is 146 Å². The topological polar surface area (TPSA) is 202 Å². The van der Waals surface area contributed by atoms with Crippen LogP contribution in [0.1, 0.15) is 5.56 Å². The summed E-state index contributed by atoms with van der Waals surface area (Å²) in [6, 6.07) is 138. The molecule has 147 heavy (non-hydrogen) atoms. The van der Waals surface area contributed by atoms with Gasteiger partial charge in [-0.3, -0.25) is 24.9 Å². The van der Waals surface area contributed by atoms with Gasteiger partial charge < -0.3 is 57.8 Å². The molecule has 0 saturated carbocycles. The molecule has 0 fully saturated rings. The third kappa shape index (κ3) is 13.5. The van der Waals surface area contributed by atoms with Crippen LogP contribution in [0.3, 0.4) is 0 Å². The fraction of sp³-hybridized carbons (Fsp3) is 0. The molecule has 22 aromatic rings. The smallest absolute Gasteiger partial charge is 0.256 e. The van der Waals surface area contributed by atoms with Crippen molar-refractivity contribution in [1.82, 2.24) is 39.9 Å². The van der Waals surface area contributed by atoms with Crippen molar-refractivity contribution in [3.8, 4) is 109 Å². The molecule has 0 amide bonds. The molecule has 9 aliphatic rings. The Hall–Kier alpha value is -20.2. The van der Waals surface area contributed by atoms with Gasteiger partial charge in [-0.1, -0.05) is 212 Å². The molecule has 686 valence electrons. The minimum atomic E-state index is -0.0695. The quantitative estimate of drug-likeness (QED) is 0.123. The van der Waals surface area contributed by atoms with E-state index in [1.807, 2.05) is 250 Å². The Morgan fingerprint density at radius 1 is 0.218 bits per heavy atom. The number of nitriles is 1. The van der Waals surface area contributed by atoms with Crippen LogP contribution >= 0.6 is 0 Å². The number of anilines is 18. The summed E-state index contributed by atoms with van der Waals surface area (Å²) in [5, 5.41) is 9.47. The van der Waals surface area contributed by atoms with Crippen molar-refractivity contribution in [1.29, 1.82) is 5.26 Å². The lowest BCUT2D eigenvalue weighted by molar-refractivity contribution is 0.469. The van der Waals surface area contributed by atoms with Crippen LogP contribution < -0.4 is 107 Å². The zero-order chi connectivity index (χ0) is 96.8. The van der Waals surface area contributed by atoms with Crippen molar-refractivity contribution in [2.75, 3.05) is 29.4 Å². The molecule has 5 aromatic heterocycles. The van der Waals surface area contributed by atoms with Crippen LogP contribution in [-0.4, -0.2) is 60.0 Å². The number of hydrogen-bond donors (Lipinski definition) is 0. The van der Waals surface area contributed by atoms with Gasteiger partial charge in [0.25, 0.3) is 20.1 Å². The number of hydrogen-bond acceptors (Lipinski definition) is 21. The predicted molar refractivity (Wildman–Crippen MR) is 582 cm³/mol. The number of nitrogens with zero attached hydrogens (tertiary/aromatic N) is 15. The van der Waals surface area contributed by atoms with Gasteiger partial charge in [0.1, 0.15) is 40.0 Å². The fourth-order valence-corrected chi connectivity index (χ4v) is 22.4. The first-order chi connectivity index (χ1) is 72.9. The maximum Gasteiger partial charge on any atom is 0.256 e. The van der Waals surface area contributed by atoms with E-state index in [4.69, 9.17) is 48.4 Å². The van der Waals surface area contributed by atoms with Crippen LogP contribution in [0.4, 0.5) is 102 Å². The highest BCUT2D eigenvalue weighted by Gasteiger charge is 2.51. The molecule has 31 rings (SSSR count). The number of benzene rings is 17. The van der Waals surface area contributed by atoms with Crippen molar-refractivity contribution in [2.45, 2.75) is 0 Å². The molecule has 0 N–H and O–H groups in total. The van der Waals surface area contributed by atoms with Crippen LogP contribution in [0.15, 0.2) is 450 Å². The van der Waals surface area contributed by atoms with E-state index in [1.165, 1.54) is 16.4 Å². The van der Waals surface area contributed by atoms with Gasteiger partial charge in [-0.15, -0.1) is 0 Å². The molecule has 21 nitrogen and oxygen atoms in total. The average molecular weight is 1890 g/mol. The Morgan fingerprint density at radius 2 is 0.517 bits per heavy atom. The second-order valence-corrected chi connectivity index (χ2v) is 36.6. The monoisotopic (exact) mass is 1890 g/mol. The van der Waals surface area contributed by atoms with E-state index in [0.717, 1.165) is 232 Å². The third-order valence-corrected chi connectivity index (χ3v) is 28.6. The summed E-state index contributed by atoms with van der Waals surface area (Å²) in [6.45, 7) is -0.157. The van der Waals surface area contributed by atoms with Gasteiger partial charge in [-0.05, 0) is 203 Å². The summed E-state index contributed by atoms with van der Waals surface area (Å²) in [4.78, 5) is 50.8. The molecule has 17 aromatic carbocycles. The first kappa shape index (κ1) is 83.8. The number of fused-ring (bicyclic) bond motifs is 22. The average Bonchev–Trinajstić information content (AvgIpc) is 0.699. The summed E-state index contributed by atoms with van der Waals surface area (Å²) in [6.07, 6.45) is 14.4. The predicted octanol–water partition coefficient (Wildman–Crippen LogP) is 24.2. The summed E-state index contributed by atoms with van der Waals surface area (Å²) in [5.41, 5.74) is 32.2. The highest BCUT2D eigenvalue weighted by atomic mass is 16.5. The molecule has 0 unspecified atom stereocenters. The van der Waals surface area contributed by atoms with Gasteiger partial charge in [0.2, 0.25) is 0 Å². The Bertz CT molecular complexity index is 9130. The summed E-state index contributed by atoms with van der Waals surface area (Å²) in [7, 11) is 0. The first-order valence-corrected chi connectivity index (χ1v) is 48.6. The fourth-order valence-electron chi connectivity index (χ4n) is 22.4. The molecule has 0 saturated heterocycles. The number of aromatic nitrogens is 8. The zero-order valence-electron chi connectivity index (χ0n) is 78.1. The van der Waals surface area contributed by atoms with E-state index in [1.54, 1.807) is 12.4 Å². The summed E-state index contributed by atoms with van der Waals surface area (Å²) in [5.74, 6) is 11.2. The second-order valence-electron chi connectivity index (χ2n) is 36.6. The van der Waals surface area contributed by atoms with Crippen molar-refractivity contribution in [3.63, 3.8) is 0 Å². The molecule has 0 spiro atoms. The van der Waals surface area contributed by atoms with Crippen LogP contribution in [0.2, 0.25) is 0 Å². The van der Waals surface area contributed by atoms with Crippen molar-refractivity contribution in [2.24, 2.45) is 0 Å². The summed E-state index contributed by atoms with van der Waals surface area (Å²) >= 11 is 0. The normalized spacial score (nSPS) is 13.2. The molecule has 14 heterocycles. The Labute approximate surface area is 844 Å². The SMILES string of the molecule is N#Cc1ccc(N2c3ccccc3Oc3c2cc2c4c3N(c3ccncc3)c3ccccc3B4c3ccccc3O2)cc1.c1ccc(-c2nc(-c3ccccc3)nc(-c3ccc(N4c5ccccc5Oc5c4cc4c6c5N(c5ccncc5)c5ccccc5B6c5ccccc5O4)cc3)n2)cc1.c1ccc2c(c1)Oc1cc3c(c4c1B2c1ccccc1N4c1ccncc1)Oc1ccccc1N3c1cccc2nccnc12. The molecule has 0 bridgehead atoms. The van der Waals surface area contributed by atoms with Crippen LogP contribution in [-0.2, 0) is 0 Å². The lowest BCUT2D eigenvalue weighted by Crippen LogP contribution is -2.59. The molecule has 24 heteroatoms. The number of pyridine rings is 3. The lowest BCUT2D eigenvalue weighted by atomic mass is 9.34. The van der Waals surface area contributed by atoms with Crippen LogP contribution in [0.5, 0.6) is 69.0 Å². The van der Waals surface area contributed by atoms with E-state index in [2.05, 4.69) is 243 Å². The molecular weight excluding hydrogens is 1820 g/mol. The van der Waals surface area contributed by atoms with Gasteiger partial charge in [-0.25, -0.2) is 15.0 Å². The molecule has 0 atom stereocenters. The first-order valence-electron chi connectivity index (χ1n) is 48.6. The number of ether oxygens (including phenoxy) is 6. The van der Waals surface area contributed by atoms with E-state index in [9.17, 15) is 5.26 Å². The van der Waals surface area contributed by atoms with Crippen LogP contribution in [0.25, 0.3) is 45.2 Å². The molecule has 0 radical (unpaired) electrons. The second kappa shape index (κ2) is 34.1.